The molecule has 0 unspecified atom stereocenters. The van der Waals surface area contributed by atoms with Crippen molar-refractivity contribution in [3.63, 3.8) is 0 Å². The molecule has 7 nitrogen and oxygen atoms in total. The van der Waals surface area contributed by atoms with Crippen LogP contribution in [0.5, 0.6) is 0 Å². The van der Waals surface area contributed by atoms with Gasteiger partial charge in [-0.05, 0) is 24.7 Å². The molecule has 0 amide bonds. The Hall–Kier alpha value is -1.45. The largest absolute Gasteiger partial charge is 0.434 e. The van der Waals surface area contributed by atoms with Gasteiger partial charge in [-0.2, -0.15) is 13.2 Å². The highest BCUT2D eigenvalue weighted by Gasteiger charge is 2.33. The molecular weight excluding hydrogens is 542 g/mol. The second-order valence-electron chi connectivity index (χ2n) is 5.58. The number of thiazole rings is 1. The van der Waals surface area contributed by atoms with Crippen molar-refractivity contribution in [2.45, 2.75) is 24.0 Å². The number of guanidine groups is 1. The summed E-state index contributed by atoms with van der Waals surface area (Å²) in [6.07, 6.45) is -4.12. The third kappa shape index (κ3) is 7.71. The molecule has 13 heteroatoms. The van der Waals surface area contributed by atoms with Crippen molar-refractivity contribution in [2.75, 3.05) is 20.6 Å². The van der Waals surface area contributed by atoms with Gasteiger partial charge in [0.2, 0.25) is 10.0 Å². The lowest BCUT2D eigenvalue weighted by atomic mass is 10.2. The van der Waals surface area contributed by atoms with Crippen LogP contribution in [0.2, 0.25) is 0 Å². The second kappa shape index (κ2) is 11.1. The zero-order valence-electron chi connectivity index (χ0n) is 15.6. The van der Waals surface area contributed by atoms with E-state index < -0.39 is 21.9 Å². The quantitative estimate of drug-likeness (QED) is 0.274. The summed E-state index contributed by atoms with van der Waals surface area (Å²) in [5.41, 5.74) is -0.152. The second-order valence-corrected chi connectivity index (χ2v) is 8.41. The van der Waals surface area contributed by atoms with Gasteiger partial charge in [0.1, 0.15) is 0 Å². The molecule has 29 heavy (non-hydrogen) atoms. The Morgan fingerprint density at radius 2 is 2.00 bits per heavy atom. The summed E-state index contributed by atoms with van der Waals surface area (Å²) in [5, 5.41) is 7.38. The van der Waals surface area contributed by atoms with E-state index in [1.807, 2.05) is 0 Å². The highest BCUT2D eigenvalue weighted by Crippen LogP contribution is 2.29. The number of nitrogens with zero attached hydrogens (tertiary/aromatic N) is 2. The molecule has 0 saturated carbocycles. The Kier molecular flexibility index (Phi) is 9.78. The van der Waals surface area contributed by atoms with E-state index in [-0.39, 0.29) is 28.9 Å². The molecule has 162 valence electrons. The molecule has 0 aliphatic heterocycles. The van der Waals surface area contributed by atoms with Gasteiger partial charge in [-0.25, -0.2) is 18.1 Å². The third-order valence-electron chi connectivity index (χ3n) is 3.63. The minimum atomic E-state index is -4.44. The lowest BCUT2D eigenvalue weighted by Gasteiger charge is -2.12. The number of benzene rings is 1. The van der Waals surface area contributed by atoms with Crippen LogP contribution >= 0.6 is 35.3 Å². The van der Waals surface area contributed by atoms with Crippen molar-refractivity contribution in [1.82, 2.24) is 20.3 Å². The molecule has 0 atom stereocenters. The van der Waals surface area contributed by atoms with Crippen molar-refractivity contribution in [2.24, 2.45) is 4.99 Å². The summed E-state index contributed by atoms with van der Waals surface area (Å²) in [4.78, 5) is 7.76. The number of aliphatic imine (C=N–C) groups is 1. The number of hydrogen-bond donors (Lipinski definition) is 3. The van der Waals surface area contributed by atoms with Gasteiger partial charge in [-0.3, -0.25) is 4.99 Å². The van der Waals surface area contributed by atoms with E-state index in [4.69, 9.17) is 0 Å². The molecule has 1 aromatic carbocycles. The number of aromatic nitrogens is 1. The maximum absolute atomic E-state index is 12.6. The smallest absolute Gasteiger partial charge is 0.356 e. The van der Waals surface area contributed by atoms with E-state index in [0.717, 1.165) is 22.3 Å². The van der Waals surface area contributed by atoms with E-state index >= 15 is 0 Å². The predicted molar refractivity (Wildman–Crippen MR) is 117 cm³/mol. The zero-order valence-corrected chi connectivity index (χ0v) is 19.5. The maximum atomic E-state index is 12.6. The highest BCUT2D eigenvalue weighted by atomic mass is 127. The lowest BCUT2D eigenvalue weighted by Crippen LogP contribution is -2.37. The Morgan fingerprint density at radius 1 is 1.28 bits per heavy atom. The van der Waals surface area contributed by atoms with Crippen LogP contribution in [0.3, 0.4) is 0 Å². The average molecular weight is 563 g/mol. The van der Waals surface area contributed by atoms with Gasteiger partial charge in [-0.15, -0.1) is 35.3 Å². The summed E-state index contributed by atoms with van der Waals surface area (Å²) in [7, 11) is -0.630. The van der Waals surface area contributed by atoms with Crippen molar-refractivity contribution < 1.29 is 21.6 Å². The Balaban J connectivity index is 0.00000420. The van der Waals surface area contributed by atoms with E-state index in [9.17, 15) is 21.6 Å². The van der Waals surface area contributed by atoms with Gasteiger partial charge < -0.3 is 10.6 Å². The Bertz CT molecular complexity index is 933. The van der Waals surface area contributed by atoms with E-state index in [2.05, 4.69) is 25.3 Å². The summed E-state index contributed by atoms with van der Waals surface area (Å²) in [6, 6.07) is 6.44. The number of rotatable bonds is 7. The van der Waals surface area contributed by atoms with Crippen LogP contribution in [0.15, 0.2) is 39.5 Å². The SMILES string of the molecule is CN=C(NCCc1nc(C(F)(F)F)cs1)NCc1cccc(S(=O)(=O)NC)c1.I. The van der Waals surface area contributed by atoms with Gasteiger partial charge in [0, 0.05) is 31.9 Å². The molecule has 2 rings (SSSR count). The predicted octanol–water partition coefficient (Wildman–Crippen LogP) is 2.60. The van der Waals surface area contributed by atoms with Crippen LogP contribution in [0.1, 0.15) is 16.3 Å². The first-order valence-electron chi connectivity index (χ1n) is 8.14. The Labute approximate surface area is 188 Å². The Morgan fingerprint density at radius 3 is 2.59 bits per heavy atom. The lowest BCUT2D eigenvalue weighted by molar-refractivity contribution is -0.140. The average Bonchev–Trinajstić information content (AvgIpc) is 3.14. The molecule has 0 fully saturated rings. The summed E-state index contributed by atoms with van der Waals surface area (Å²) in [5.74, 6) is 0.439. The number of halogens is 4. The monoisotopic (exact) mass is 563 g/mol. The normalized spacial score (nSPS) is 12.4. The van der Waals surface area contributed by atoms with Gasteiger partial charge in [0.15, 0.2) is 11.7 Å². The molecule has 3 N–H and O–H groups in total. The first kappa shape index (κ1) is 25.6. The maximum Gasteiger partial charge on any atom is 0.434 e. The summed E-state index contributed by atoms with van der Waals surface area (Å²) < 4.78 is 63.6. The topological polar surface area (TPSA) is 95.5 Å². The summed E-state index contributed by atoms with van der Waals surface area (Å²) in [6.45, 7) is 0.668. The van der Waals surface area contributed by atoms with Gasteiger partial charge in [0.05, 0.1) is 9.90 Å². The van der Waals surface area contributed by atoms with E-state index in [1.54, 1.807) is 25.2 Å². The molecule has 1 aromatic heterocycles. The van der Waals surface area contributed by atoms with Gasteiger partial charge in [0.25, 0.3) is 0 Å². The molecule has 0 saturated heterocycles. The number of alkyl halides is 3. The van der Waals surface area contributed by atoms with Gasteiger partial charge in [-0.1, -0.05) is 12.1 Å². The van der Waals surface area contributed by atoms with Crippen LogP contribution in [0.4, 0.5) is 13.2 Å². The molecule has 1 heterocycles. The van der Waals surface area contributed by atoms with E-state index in [1.165, 1.54) is 13.1 Å². The van der Waals surface area contributed by atoms with Crippen LogP contribution in [-0.4, -0.2) is 40.0 Å². The molecule has 0 aliphatic carbocycles. The fraction of sp³-hybridized carbons (Fsp3) is 0.375. The number of hydrogen-bond acceptors (Lipinski definition) is 5. The zero-order chi connectivity index (χ0) is 20.8. The molecule has 0 radical (unpaired) electrons. The fourth-order valence-electron chi connectivity index (χ4n) is 2.19. The molecule has 0 spiro atoms. The highest BCUT2D eigenvalue weighted by molar-refractivity contribution is 14.0. The summed E-state index contributed by atoms with van der Waals surface area (Å²) >= 11 is 0.958. The van der Waals surface area contributed by atoms with Crippen molar-refractivity contribution in [3.05, 3.63) is 45.9 Å². The van der Waals surface area contributed by atoms with Crippen LogP contribution in [-0.2, 0) is 29.2 Å². The molecule has 0 bridgehead atoms. The van der Waals surface area contributed by atoms with Crippen LogP contribution in [0, 0.1) is 0 Å². The third-order valence-corrected chi connectivity index (χ3v) is 5.96. The van der Waals surface area contributed by atoms with Gasteiger partial charge >= 0.3 is 6.18 Å². The van der Waals surface area contributed by atoms with Crippen LogP contribution in [0.25, 0.3) is 0 Å². The molecule has 2 aromatic rings. The minimum Gasteiger partial charge on any atom is -0.356 e. The molecule has 0 aliphatic rings. The molecular formula is C16H21F3IN5O2S2. The minimum absolute atomic E-state index is 0. The van der Waals surface area contributed by atoms with E-state index in [0.29, 0.717) is 30.5 Å². The van der Waals surface area contributed by atoms with Crippen molar-refractivity contribution in [3.8, 4) is 0 Å². The standard InChI is InChI=1S/C16H20F3N5O2S2.HI/c1-20-15(22-7-6-14-24-13(10-27-14)16(17,18)19)23-9-11-4-3-5-12(8-11)28(25,26)21-2;/h3-5,8,10,21H,6-7,9H2,1-2H3,(H2,20,22,23);1H. The number of sulfonamides is 1. The van der Waals surface area contributed by atoms with Crippen molar-refractivity contribution >= 4 is 51.3 Å². The fourth-order valence-corrected chi connectivity index (χ4v) is 3.80. The van der Waals surface area contributed by atoms with Crippen LogP contribution < -0.4 is 15.4 Å². The first-order valence-corrected chi connectivity index (χ1v) is 10.5. The van der Waals surface area contributed by atoms with Crippen molar-refractivity contribution in [1.29, 1.82) is 0 Å². The first-order chi connectivity index (χ1) is 13.2. The number of nitrogens with one attached hydrogen (secondary N) is 3.